The lowest BCUT2D eigenvalue weighted by molar-refractivity contribution is -0.211. The van der Waals surface area contributed by atoms with E-state index in [1.807, 2.05) is 31.2 Å². The molecular formula is C14H17F3O2. The van der Waals surface area contributed by atoms with Crippen molar-refractivity contribution in [3.8, 4) is 0 Å². The Morgan fingerprint density at radius 3 is 2.21 bits per heavy atom. The smallest absolute Gasteiger partial charge is 0.348 e. The van der Waals surface area contributed by atoms with E-state index in [4.69, 9.17) is 9.47 Å². The molecule has 0 spiro atoms. The van der Waals surface area contributed by atoms with Gasteiger partial charge in [-0.15, -0.1) is 0 Å². The van der Waals surface area contributed by atoms with Gasteiger partial charge in [-0.3, -0.25) is 0 Å². The van der Waals surface area contributed by atoms with Crippen LogP contribution in [-0.4, -0.2) is 19.4 Å². The number of benzene rings is 1. The van der Waals surface area contributed by atoms with Gasteiger partial charge in [-0.2, -0.15) is 13.2 Å². The predicted octanol–water partition coefficient (Wildman–Crippen LogP) is 4.00. The molecular weight excluding hydrogens is 257 g/mol. The van der Waals surface area contributed by atoms with Crippen molar-refractivity contribution in [3.05, 3.63) is 35.4 Å². The number of aryl methyl sites for hydroxylation is 1. The maximum Gasteiger partial charge on any atom is 0.389 e. The molecule has 106 valence electrons. The highest BCUT2D eigenvalue weighted by molar-refractivity contribution is 5.22. The van der Waals surface area contributed by atoms with E-state index in [0.717, 1.165) is 11.1 Å². The van der Waals surface area contributed by atoms with Gasteiger partial charge in [0.15, 0.2) is 6.29 Å². The van der Waals surface area contributed by atoms with E-state index in [2.05, 4.69) is 0 Å². The van der Waals surface area contributed by atoms with Crippen LogP contribution in [0.4, 0.5) is 13.2 Å². The van der Waals surface area contributed by atoms with Crippen molar-refractivity contribution >= 4 is 0 Å². The van der Waals surface area contributed by atoms with Crippen LogP contribution in [0.5, 0.6) is 0 Å². The van der Waals surface area contributed by atoms with Gasteiger partial charge in [-0.25, -0.2) is 0 Å². The summed E-state index contributed by atoms with van der Waals surface area (Å²) in [6, 6.07) is 7.74. The third-order valence-electron chi connectivity index (χ3n) is 3.15. The number of hydrogen-bond donors (Lipinski definition) is 0. The molecule has 1 heterocycles. The Bertz CT molecular complexity index is 392. The summed E-state index contributed by atoms with van der Waals surface area (Å²) in [7, 11) is 0. The molecule has 19 heavy (non-hydrogen) atoms. The first-order valence-corrected chi connectivity index (χ1v) is 6.30. The summed E-state index contributed by atoms with van der Waals surface area (Å²) < 4.78 is 47.3. The normalized spacial score (nSPS) is 24.4. The summed E-state index contributed by atoms with van der Waals surface area (Å²) >= 11 is 0. The van der Waals surface area contributed by atoms with E-state index < -0.39 is 18.9 Å². The minimum absolute atomic E-state index is 0.0596. The summed E-state index contributed by atoms with van der Waals surface area (Å²) in [5.74, 6) is -0.177. The SMILES string of the molecule is Cc1ccc([C@H]2OC[C@H](CCC(F)(F)F)CO2)cc1. The van der Waals surface area contributed by atoms with Gasteiger partial charge < -0.3 is 9.47 Å². The molecule has 0 N–H and O–H groups in total. The molecule has 0 amide bonds. The monoisotopic (exact) mass is 274 g/mol. The van der Waals surface area contributed by atoms with Crippen molar-refractivity contribution in [2.24, 2.45) is 5.92 Å². The van der Waals surface area contributed by atoms with Crippen LogP contribution in [0.2, 0.25) is 0 Å². The summed E-state index contributed by atoms with van der Waals surface area (Å²) in [6.45, 7) is 2.61. The fourth-order valence-electron chi connectivity index (χ4n) is 1.99. The highest BCUT2D eigenvalue weighted by atomic mass is 19.4. The van der Waals surface area contributed by atoms with E-state index >= 15 is 0 Å². The topological polar surface area (TPSA) is 18.5 Å². The molecule has 1 saturated heterocycles. The number of alkyl halides is 3. The molecule has 0 radical (unpaired) electrons. The van der Waals surface area contributed by atoms with Crippen LogP contribution in [0.15, 0.2) is 24.3 Å². The van der Waals surface area contributed by atoms with Crippen LogP contribution in [0.3, 0.4) is 0 Å². The second-order valence-corrected chi connectivity index (χ2v) is 4.93. The number of ether oxygens (including phenoxy) is 2. The highest BCUT2D eigenvalue weighted by Crippen LogP contribution is 2.30. The zero-order valence-corrected chi connectivity index (χ0v) is 10.7. The number of hydrogen-bond acceptors (Lipinski definition) is 2. The zero-order valence-electron chi connectivity index (χ0n) is 10.7. The lowest BCUT2D eigenvalue weighted by Crippen LogP contribution is -2.28. The standard InChI is InChI=1S/C14H17F3O2/c1-10-2-4-12(5-3-10)13-18-8-11(9-19-13)6-7-14(15,16)17/h2-5,11,13H,6-9H2,1H3/t11-,13-. The lowest BCUT2D eigenvalue weighted by Gasteiger charge is -2.29. The molecule has 0 bridgehead atoms. The molecule has 1 aromatic carbocycles. The van der Waals surface area contributed by atoms with E-state index in [9.17, 15) is 13.2 Å². The van der Waals surface area contributed by atoms with Crippen molar-refractivity contribution in [1.29, 1.82) is 0 Å². The van der Waals surface area contributed by atoms with Crippen LogP contribution in [0.1, 0.15) is 30.3 Å². The fraction of sp³-hybridized carbons (Fsp3) is 0.571. The minimum Gasteiger partial charge on any atom is -0.348 e. The van der Waals surface area contributed by atoms with Crippen LogP contribution >= 0.6 is 0 Å². The van der Waals surface area contributed by atoms with Crippen LogP contribution < -0.4 is 0 Å². The largest absolute Gasteiger partial charge is 0.389 e. The number of rotatable bonds is 3. The highest BCUT2D eigenvalue weighted by Gasteiger charge is 2.30. The molecule has 0 aliphatic carbocycles. The fourth-order valence-corrected chi connectivity index (χ4v) is 1.99. The van der Waals surface area contributed by atoms with Crippen molar-refractivity contribution in [1.82, 2.24) is 0 Å². The van der Waals surface area contributed by atoms with Crippen LogP contribution in [-0.2, 0) is 9.47 Å². The van der Waals surface area contributed by atoms with Gasteiger partial charge >= 0.3 is 6.18 Å². The van der Waals surface area contributed by atoms with Crippen molar-refractivity contribution < 1.29 is 22.6 Å². The Morgan fingerprint density at radius 2 is 1.68 bits per heavy atom. The second-order valence-electron chi connectivity index (χ2n) is 4.93. The summed E-state index contributed by atoms with van der Waals surface area (Å²) in [4.78, 5) is 0. The Morgan fingerprint density at radius 1 is 1.11 bits per heavy atom. The summed E-state index contributed by atoms with van der Waals surface area (Å²) in [5, 5.41) is 0. The van der Waals surface area contributed by atoms with E-state index in [1.165, 1.54) is 0 Å². The first-order chi connectivity index (χ1) is 8.94. The molecule has 1 fully saturated rings. The van der Waals surface area contributed by atoms with Crippen LogP contribution in [0.25, 0.3) is 0 Å². The third kappa shape index (κ3) is 4.51. The molecule has 1 aromatic rings. The molecule has 2 rings (SSSR count). The Labute approximate surface area is 110 Å². The van der Waals surface area contributed by atoms with E-state index in [1.54, 1.807) is 0 Å². The molecule has 2 nitrogen and oxygen atoms in total. The molecule has 0 aromatic heterocycles. The minimum atomic E-state index is -4.10. The molecule has 1 aliphatic heterocycles. The van der Waals surface area contributed by atoms with Crippen molar-refractivity contribution in [2.45, 2.75) is 32.2 Å². The van der Waals surface area contributed by atoms with Crippen molar-refractivity contribution in [2.75, 3.05) is 13.2 Å². The average molecular weight is 274 g/mol. The van der Waals surface area contributed by atoms with E-state index in [0.29, 0.717) is 13.2 Å². The van der Waals surface area contributed by atoms with E-state index in [-0.39, 0.29) is 12.3 Å². The molecule has 0 saturated carbocycles. The maximum atomic E-state index is 12.1. The first kappa shape index (κ1) is 14.3. The second kappa shape index (κ2) is 5.92. The van der Waals surface area contributed by atoms with Gasteiger partial charge in [-0.05, 0) is 13.3 Å². The van der Waals surface area contributed by atoms with Gasteiger partial charge in [0.25, 0.3) is 0 Å². The molecule has 0 unspecified atom stereocenters. The summed E-state index contributed by atoms with van der Waals surface area (Å²) in [5.41, 5.74) is 2.04. The van der Waals surface area contributed by atoms with Gasteiger partial charge in [0, 0.05) is 17.9 Å². The third-order valence-corrected chi connectivity index (χ3v) is 3.15. The van der Waals surface area contributed by atoms with Gasteiger partial charge in [0.1, 0.15) is 0 Å². The Balaban J connectivity index is 1.81. The number of halogens is 3. The van der Waals surface area contributed by atoms with Gasteiger partial charge in [0.05, 0.1) is 13.2 Å². The molecule has 0 atom stereocenters. The first-order valence-electron chi connectivity index (χ1n) is 6.30. The Hall–Kier alpha value is -1.07. The molecule has 5 heteroatoms. The Kier molecular flexibility index (Phi) is 4.47. The zero-order chi connectivity index (χ0) is 13.9. The average Bonchev–Trinajstić information content (AvgIpc) is 2.37. The van der Waals surface area contributed by atoms with Gasteiger partial charge in [-0.1, -0.05) is 29.8 Å². The lowest BCUT2D eigenvalue weighted by atomic mass is 10.0. The van der Waals surface area contributed by atoms with Crippen LogP contribution in [0, 0.1) is 12.8 Å². The van der Waals surface area contributed by atoms with Gasteiger partial charge in [0.2, 0.25) is 0 Å². The van der Waals surface area contributed by atoms with Crippen molar-refractivity contribution in [3.63, 3.8) is 0 Å². The maximum absolute atomic E-state index is 12.1. The molecule has 1 aliphatic rings. The quantitative estimate of drug-likeness (QED) is 0.829. The predicted molar refractivity (Wildman–Crippen MR) is 64.6 cm³/mol. The summed E-state index contributed by atoms with van der Waals surface area (Å²) in [6.07, 6.45) is -5.28.